The summed E-state index contributed by atoms with van der Waals surface area (Å²) < 4.78 is 10.5. The van der Waals surface area contributed by atoms with E-state index in [-0.39, 0.29) is 31.4 Å². The van der Waals surface area contributed by atoms with Gasteiger partial charge < -0.3 is 19.9 Å². The summed E-state index contributed by atoms with van der Waals surface area (Å²) in [7, 11) is 3.24. The summed E-state index contributed by atoms with van der Waals surface area (Å²) in [6.45, 7) is 0.889. The second kappa shape index (κ2) is 10.0. The molecule has 1 aliphatic heterocycles. The van der Waals surface area contributed by atoms with Crippen molar-refractivity contribution < 1.29 is 24.2 Å². The zero-order valence-electron chi connectivity index (χ0n) is 16.4. The van der Waals surface area contributed by atoms with Gasteiger partial charge in [0.2, 0.25) is 0 Å². The number of carboxylic acids is 1. The molecule has 7 nitrogen and oxygen atoms in total. The van der Waals surface area contributed by atoms with E-state index in [1.165, 1.54) is 4.90 Å². The van der Waals surface area contributed by atoms with Crippen molar-refractivity contribution in [2.75, 3.05) is 30.9 Å². The number of rotatable bonds is 7. The van der Waals surface area contributed by atoms with Crippen molar-refractivity contribution in [1.82, 2.24) is 0 Å². The molecule has 0 saturated carbocycles. The second-order valence-corrected chi connectivity index (χ2v) is 6.74. The van der Waals surface area contributed by atoms with Crippen LogP contribution in [0.25, 0.3) is 0 Å². The van der Waals surface area contributed by atoms with E-state index >= 15 is 0 Å². The van der Waals surface area contributed by atoms with Gasteiger partial charge in [-0.15, -0.1) is 12.4 Å². The van der Waals surface area contributed by atoms with Crippen LogP contribution in [-0.2, 0) is 16.1 Å². The maximum absolute atomic E-state index is 12.3. The van der Waals surface area contributed by atoms with Crippen molar-refractivity contribution in [2.45, 2.75) is 25.4 Å². The first-order valence-corrected chi connectivity index (χ1v) is 9.11. The van der Waals surface area contributed by atoms with Gasteiger partial charge in [0.25, 0.3) is 0 Å². The molecule has 2 aromatic rings. The van der Waals surface area contributed by atoms with E-state index in [1.54, 1.807) is 38.4 Å². The number of fused-ring (bicyclic) bond motifs is 1. The normalized spacial score (nSPS) is 14.2. The van der Waals surface area contributed by atoms with E-state index in [9.17, 15) is 9.59 Å². The summed E-state index contributed by atoms with van der Waals surface area (Å²) >= 11 is 0. The molecule has 156 valence electrons. The highest BCUT2D eigenvalue weighted by molar-refractivity contribution is 5.87. The molecule has 0 radical (unpaired) electrons. The van der Waals surface area contributed by atoms with Crippen LogP contribution in [-0.4, -0.2) is 37.9 Å². The van der Waals surface area contributed by atoms with Crippen molar-refractivity contribution in [3.8, 4) is 5.75 Å². The molecule has 1 atom stereocenters. The van der Waals surface area contributed by atoms with Gasteiger partial charge in [0.1, 0.15) is 12.4 Å². The van der Waals surface area contributed by atoms with E-state index in [2.05, 4.69) is 5.32 Å². The average molecular weight is 421 g/mol. The van der Waals surface area contributed by atoms with E-state index in [4.69, 9.17) is 14.6 Å². The first-order valence-electron chi connectivity index (χ1n) is 9.11. The minimum Gasteiger partial charge on any atom is -0.497 e. The fraction of sp³-hybridized carbons (Fsp3) is 0.333. The molecule has 3 rings (SSSR count). The van der Waals surface area contributed by atoms with Crippen LogP contribution in [0, 0.1) is 0 Å². The van der Waals surface area contributed by atoms with Crippen LogP contribution in [0.1, 0.15) is 29.9 Å². The Labute approximate surface area is 176 Å². The summed E-state index contributed by atoms with van der Waals surface area (Å²) in [5.41, 5.74) is 3.68. The molecule has 1 heterocycles. The molecule has 1 unspecified atom stereocenters. The molecule has 0 aromatic heterocycles. The molecule has 1 amide bonds. The quantitative estimate of drug-likeness (QED) is 0.695. The minimum absolute atomic E-state index is 0. The molecule has 0 aliphatic carbocycles. The topological polar surface area (TPSA) is 88.1 Å². The number of amides is 1. The Balaban J connectivity index is 0.00000300. The van der Waals surface area contributed by atoms with Crippen LogP contribution >= 0.6 is 12.4 Å². The Morgan fingerprint density at radius 2 is 1.93 bits per heavy atom. The number of nitrogens with one attached hydrogen (secondary N) is 1. The van der Waals surface area contributed by atoms with Crippen LogP contribution in [0.15, 0.2) is 42.5 Å². The number of ether oxygens (including phenoxy) is 2. The lowest BCUT2D eigenvalue weighted by atomic mass is 9.95. The van der Waals surface area contributed by atoms with Crippen molar-refractivity contribution in [3.63, 3.8) is 0 Å². The monoisotopic (exact) mass is 420 g/mol. The zero-order valence-corrected chi connectivity index (χ0v) is 17.2. The van der Waals surface area contributed by atoms with Gasteiger partial charge in [-0.3, -0.25) is 9.69 Å². The fourth-order valence-corrected chi connectivity index (χ4v) is 3.25. The summed E-state index contributed by atoms with van der Waals surface area (Å²) in [6.07, 6.45) is 0.317. The van der Waals surface area contributed by atoms with E-state index in [1.807, 2.05) is 18.2 Å². The number of hydrogen-bond acceptors (Lipinski definition) is 5. The van der Waals surface area contributed by atoms with Crippen LogP contribution in [0.2, 0.25) is 0 Å². The molecule has 0 saturated heterocycles. The number of hydrogen-bond donors (Lipinski definition) is 2. The van der Waals surface area contributed by atoms with Gasteiger partial charge in [-0.25, -0.2) is 4.79 Å². The lowest BCUT2D eigenvalue weighted by Gasteiger charge is -2.17. The molecular formula is C21H25ClN2O5. The van der Waals surface area contributed by atoms with Gasteiger partial charge in [0.15, 0.2) is 0 Å². The van der Waals surface area contributed by atoms with Crippen molar-refractivity contribution in [1.29, 1.82) is 0 Å². The highest BCUT2D eigenvalue weighted by Gasteiger charge is 2.23. The van der Waals surface area contributed by atoms with Gasteiger partial charge in [0.05, 0.1) is 7.11 Å². The molecule has 29 heavy (non-hydrogen) atoms. The standard InChI is InChI=1S/C21H24N2O5.ClH/c1-23(16-5-7-17(27-2)8-6-16)21(26)28-13-14-3-9-18-15(4-10-20(24)25)12-22-19(18)11-14;/h3,5-9,11,15,22H,4,10,12-13H2,1-2H3,(H,24,25);1H. The Morgan fingerprint density at radius 3 is 2.59 bits per heavy atom. The first kappa shape index (κ1) is 22.4. The fourth-order valence-electron chi connectivity index (χ4n) is 3.25. The highest BCUT2D eigenvalue weighted by atomic mass is 35.5. The third-order valence-electron chi connectivity index (χ3n) is 4.90. The van der Waals surface area contributed by atoms with Crippen molar-refractivity contribution >= 4 is 35.8 Å². The molecule has 0 spiro atoms. The number of carboxylic acid groups (broad SMARTS) is 1. The molecule has 8 heteroatoms. The highest BCUT2D eigenvalue weighted by Crippen LogP contribution is 2.35. The number of anilines is 2. The molecule has 0 fully saturated rings. The zero-order chi connectivity index (χ0) is 20.1. The Hall–Kier alpha value is -2.93. The van der Waals surface area contributed by atoms with Crippen LogP contribution in [0.3, 0.4) is 0 Å². The van der Waals surface area contributed by atoms with E-state index in [0.29, 0.717) is 12.1 Å². The molecule has 1 aliphatic rings. The Morgan fingerprint density at radius 1 is 1.21 bits per heavy atom. The van der Waals surface area contributed by atoms with Crippen molar-refractivity contribution in [3.05, 3.63) is 53.6 Å². The molecule has 2 aromatic carbocycles. The van der Waals surface area contributed by atoms with Gasteiger partial charge in [0, 0.05) is 37.3 Å². The number of carbonyl (C=O) groups is 2. The van der Waals surface area contributed by atoms with Crippen LogP contribution in [0.4, 0.5) is 16.2 Å². The Bertz CT molecular complexity index is 857. The lowest BCUT2D eigenvalue weighted by molar-refractivity contribution is -0.137. The number of carbonyl (C=O) groups excluding carboxylic acids is 1. The summed E-state index contributed by atoms with van der Waals surface area (Å²) in [4.78, 5) is 24.5. The number of benzene rings is 2. The third kappa shape index (κ3) is 5.54. The Kier molecular flexibility index (Phi) is 7.73. The first-order chi connectivity index (χ1) is 13.5. The van der Waals surface area contributed by atoms with Gasteiger partial charge in [-0.05, 0) is 47.9 Å². The van der Waals surface area contributed by atoms with E-state index < -0.39 is 12.1 Å². The second-order valence-electron chi connectivity index (χ2n) is 6.74. The van der Waals surface area contributed by atoms with Crippen LogP contribution in [0.5, 0.6) is 5.75 Å². The van der Waals surface area contributed by atoms with Gasteiger partial charge >= 0.3 is 12.1 Å². The maximum Gasteiger partial charge on any atom is 0.414 e. The smallest absolute Gasteiger partial charge is 0.414 e. The van der Waals surface area contributed by atoms with Crippen LogP contribution < -0.4 is 15.0 Å². The molecule has 2 N–H and O–H groups in total. The largest absolute Gasteiger partial charge is 0.497 e. The SMILES string of the molecule is COc1ccc(N(C)C(=O)OCc2ccc3c(c2)NCC3CCC(=O)O)cc1.Cl. The third-order valence-corrected chi connectivity index (χ3v) is 4.90. The molecular weight excluding hydrogens is 396 g/mol. The maximum atomic E-state index is 12.3. The summed E-state index contributed by atoms with van der Waals surface area (Å²) in [5.74, 6) is 0.139. The van der Waals surface area contributed by atoms with Crippen molar-refractivity contribution in [2.24, 2.45) is 0 Å². The molecule has 0 bridgehead atoms. The number of aliphatic carboxylic acids is 1. The average Bonchev–Trinajstić information content (AvgIpc) is 3.12. The lowest BCUT2D eigenvalue weighted by Crippen LogP contribution is -2.26. The number of methoxy groups -OCH3 is 1. The summed E-state index contributed by atoms with van der Waals surface area (Å²) in [6, 6.07) is 13.0. The predicted molar refractivity (Wildman–Crippen MR) is 113 cm³/mol. The van der Waals surface area contributed by atoms with Gasteiger partial charge in [-0.2, -0.15) is 0 Å². The van der Waals surface area contributed by atoms with E-state index in [0.717, 1.165) is 29.1 Å². The number of halogens is 1. The number of nitrogens with zero attached hydrogens (tertiary/aromatic N) is 1. The minimum atomic E-state index is -0.780. The van der Waals surface area contributed by atoms with Gasteiger partial charge in [-0.1, -0.05) is 12.1 Å². The summed E-state index contributed by atoms with van der Waals surface area (Å²) in [5, 5.41) is 12.2. The predicted octanol–water partition coefficient (Wildman–Crippen LogP) is 4.26.